The van der Waals surface area contributed by atoms with Crippen molar-refractivity contribution in [3.8, 4) is 0 Å². The van der Waals surface area contributed by atoms with Crippen molar-refractivity contribution in [2.75, 3.05) is 13.1 Å². The van der Waals surface area contributed by atoms with E-state index in [0.29, 0.717) is 23.6 Å². The molecule has 7 heteroatoms. The van der Waals surface area contributed by atoms with Crippen molar-refractivity contribution in [2.24, 2.45) is 4.99 Å². The summed E-state index contributed by atoms with van der Waals surface area (Å²) in [5.74, 6) is 0.634. The van der Waals surface area contributed by atoms with Gasteiger partial charge in [-0.3, -0.25) is 4.79 Å². The Morgan fingerprint density at radius 1 is 1.36 bits per heavy atom. The molecule has 1 aromatic rings. The Bertz CT molecular complexity index is 520. The molecule has 0 aromatic heterocycles. The molecule has 0 saturated heterocycles. The minimum absolute atomic E-state index is 0. The third-order valence-electron chi connectivity index (χ3n) is 3.01. The van der Waals surface area contributed by atoms with E-state index in [1.54, 1.807) is 0 Å². The van der Waals surface area contributed by atoms with Gasteiger partial charge in [0.05, 0.1) is 13.1 Å². The van der Waals surface area contributed by atoms with Gasteiger partial charge >= 0.3 is 0 Å². The SMILES string of the molecule is CCNC(=NCc1cccc(Cl)c1)NCC(=O)NC1CC1.I. The lowest BCUT2D eigenvalue weighted by Gasteiger charge is -2.11. The van der Waals surface area contributed by atoms with Gasteiger partial charge in [-0.25, -0.2) is 4.99 Å². The van der Waals surface area contributed by atoms with Crippen LogP contribution in [-0.2, 0) is 11.3 Å². The fourth-order valence-electron chi connectivity index (χ4n) is 1.82. The van der Waals surface area contributed by atoms with Gasteiger partial charge in [0.1, 0.15) is 0 Å². The molecular formula is C15H22ClIN4O. The lowest BCUT2D eigenvalue weighted by Crippen LogP contribution is -2.43. The van der Waals surface area contributed by atoms with Crippen LogP contribution >= 0.6 is 35.6 Å². The normalized spacial score (nSPS) is 14.0. The molecule has 1 aliphatic carbocycles. The van der Waals surface area contributed by atoms with Gasteiger partial charge in [0.25, 0.3) is 0 Å². The van der Waals surface area contributed by atoms with E-state index in [-0.39, 0.29) is 36.4 Å². The summed E-state index contributed by atoms with van der Waals surface area (Å²) >= 11 is 5.95. The number of guanidine groups is 1. The van der Waals surface area contributed by atoms with Gasteiger partial charge in [-0.15, -0.1) is 24.0 Å². The zero-order valence-electron chi connectivity index (χ0n) is 12.6. The molecule has 122 valence electrons. The molecule has 0 radical (unpaired) electrons. The van der Waals surface area contributed by atoms with Gasteiger partial charge in [-0.2, -0.15) is 0 Å². The first-order valence-corrected chi connectivity index (χ1v) is 7.61. The molecule has 0 bridgehead atoms. The van der Waals surface area contributed by atoms with Crippen LogP contribution in [0.1, 0.15) is 25.3 Å². The van der Waals surface area contributed by atoms with Gasteiger partial charge < -0.3 is 16.0 Å². The summed E-state index contributed by atoms with van der Waals surface area (Å²) in [6, 6.07) is 7.97. The fourth-order valence-corrected chi connectivity index (χ4v) is 2.03. The maximum atomic E-state index is 11.6. The Morgan fingerprint density at radius 3 is 2.77 bits per heavy atom. The largest absolute Gasteiger partial charge is 0.357 e. The zero-order chi connectivity index (χ0) is 15.1. The number of halogens is 2. The second-order valence-electron chi connectivity index (χ2n) is 5.02. The third-order valence-corrected chi connectivity index (χ3v) is 3.25. The summed E-state index contributed by atoms with van der Waals surface area (Å²) < 4.78 is 0. The number of benzene rings is 1. The minimum atomic E-state index is 0. The van der Waals surface area contributed by atoms with E-state index in [9.17, 15) is 4.79 Å². The smallest absolute Gasteiger partial charge is 0.239 e. The summed E-state index contributed by atoms with van der Waals surface area (Å²) in [6.07, 6.45) is 2.18. The molecule has 1 aliphatic rings. The predicted molar refractivity (Wildman–Crippen MR) is 101 cm³/mol. The number of nitrogens with zero attached hydrogens (tertiary/aromatic N) is 1. The lowest BCUT2D eigenvalue weighted by molar-refractivity contribution is -0.120. The highest BCUT2D eigenvalue weighted by Crippen LogP contribution is 2.18. The third kappa shape index (κ3) is 7.31. The van der Waals surface area contributed by atoms with Gasteiger partial charge in [0, 0.05) is 17.6 Å². The summed E-state index contributed by atoms with van der Waals surface area (Å²) in [5.41, 5.74) is 1.03. The van der Waals surface area contributed by atoms with E-state index in [0.717, 1.165) is 24.9 Å². The molecule has 3 N–H and O–H groups in total. The first-order valence-electron chi connectivity index (χ1n) is 7.23. The van der Waals surface area contributed by atoms with Gasteiger partial charge in [0.2, 0.25) is 5.91 Å². The van der Waals surface area contributed by atoms with Crippen molar-refractivity contribution in [1.82, 2.24) is 16.0 Å². The zero-order valence-corrected chi connectivity index (χ0v) is 15.7. The Balaban J connectivity index is 0.00000242. The molecule has 5 nitrogen and oxygen atoms in total. The Labute approximate surface area is 153 Å². The molecule has 0 spiro atoms. The van der Waals surface area contributed by atoms with Crippen LogP contribution in [0.2, 0.25) is 5.02 Å². The first-order chi connectivity index (χ1) is 10.2. The number of rotatable bonds is 6. The van der Waals surface area contributed by atoms with Gasteiger partial charge in [0.15, 0.2) is 5.96 Å². The van der Waals surface area contributed by atoms with Crippen LogP contribution < -0.4 is 16.0 Å². The number of carbonyl (C=O) groups is 1. The number of nitrogens with one attached hydrogen (secondary N) is 3. The second-order valence-corrected chi connectivity index (χ2v) is 5.46. The van der Waals surface area contributed by atoms with Crippen LogP contribution in [-0.4, -0.2) is 31.0 Å². The predicted octanol–water partition coefficient (Wildman–Crippen LogP) is 2.29. The highest BCUT2D eigenvalue weighted by Gasteiger charge is 2.22. The Kier molecular flexibility index (Phi) is 8.55. The van der Waals surface area contributed by atoms with Gasteiger partial charge in [-0.1, -0.05) is 23.7 Å². The molecule has 0 aliphatic heterocycles. The number of hydrogen-bond donors (Lipinski definition) is 3. The van der Waals surface area contributed by atoms with Crippen molar-refractivity contribution < 1.29 is 4.79 Å². The van der Waals surface area contributed by atoms with Gasteiger partial charge in [-0.05, 0) is 37.5 Å². The van der Waals surface area contributed by atoms with Crippen molar-refractivity contribution in [3.63, 3.8) is 0 Å². The average Bonchev–Trinajstić information content (AvgIpc) is 3.26. The maximum absolute atomic E-state index is 11.6. The van der Waals surface area contributed by atoms with E-state index in [1.165, 1.54) is 0 Å². The molecule has 1 aromatic carbocycles. The van der Waals surface area contributed by atoms with Crippen LogP contribution in [0.3, 0.4) is 0 Å². The summed E-state index contributed by atoms with van der Waals surface area (Å²) in [4.78, 5) is 16.1. The van der Waals surface area contributed by atoms with Crippen LogP contribution in [0.5, 0.6) is 0 Å². The summed E-state index contributed by atoms with van der Waals surface area (Å²) in [7, 11) is 0. The van der Waals surface area contributed by atoms with Crippen molar-refractivity contribution in [1.29, 1.82) is 0 Å². The summed E-state index contributed by atoms with van der Waals surface area (Å²) in [5, 5.41) is 9.78. The fraction of sp³-hybridized carbons (Fsp3) is 0.467. The summed E-state index contributed by atoms with van der Waals surface area (Å²) in [6.45, 7) is 3.48. The quantitative estimate of drug-likeness (QED) is 0.364. The molecule has 0 unspecified atom stereocenters. The van der Waals surface area contributed by atoms with Crippen LogP contribution in [0.15, 0.2) is 29.3 Å². The Hall–Kier alpha value is -1.02. The number of carbonyl (C=O) groups excluding carboxylic acids is 1. The van der Waals surface area contributed by atoms with E-state index >= 15 is 0 Å². The number of amides is 1. The number of aliphatic imine (C=N–C) groups is 1. The minimum Gasteiger partial charge on any atom is -0.357 e. The average molecular weight is 437 g/mol. The van der Waals surface area contributed by atoms with E-state index in [4.69, 9.17) is 11.6 Å². The molecular weight excluding hydrogens is 415 g/mol. The molecule has 0 atom stereocenters. The van der Waals surface area contributed by atoms with Crippen LogP contribution in [0.25, 0.3) is 0 Å². The van der Waals surface area contributed by atoms with Crippen molar-refractivity contribution in [3.05, 3.63) is 34.9 Å². The second kappa shape index (κ2) is 9.89. The topological polar surface area (TPSA) is 65.5 Å². The monoisotopic (exact) mass is 436 g/mol. The highest BCUT2D eigenvalue weighted by molar-refractivity contribution is 14.0. The molecule has 1 amide bonds. The molecule has 2 rings (SSSR count). The molecule has 22 heavy (non-hydrogen) atoms. The molecule has 1 saturated carbocycles. The number of hydrogen-bond acceptors (Lipinski definition) is 2. The standard InChI is InChI=1S/C15H21ClN4O.HI/c1-2-17-15(19-10-14(21)20-13-6-7-13)18-9-11-4-3-5-12(16)8-11;/h3-5,8,13H,2,6-7,9-10H2,1H3,(H,20,21)(H2,17,18,19);1H. The van der Waals surface area contributed by atoms with Crippen LogP contribution in [0.4, 0.5) is 0 Å². The Morgan fingerprint density at radius 2 is 2.14 bits per heavy atom. The lowest BCUT2D eigenvalue weighted by atomic mass is 10.2. The molecule has 0 heterocycles. The molecule has 1 fully saturated rings. The maximum Gasteiger partial charge on any atom is 0.239 e. The van der Waals surface area contributed by atoms with Crippen molar-refractivity contribution >= 4 is 47.4 Å². The first kappa shape index (κ1) is 19.0. The highest BCUT2D eigenvalue weighted by atomic mass is 127. The van der Waals surface area contributed by atoms with E-state index < -0.39 is 0 Å². The van der Waals surface area contributed by atoms with E-state index in [1.807, 2.05) is 31.2 Å². The van der Waals surface area contributed by atoms with Crippen molar-refractivity contribution in [2.45, 2.75) is 32.4 Å². The van der Waals surface area contributed by atoms with E-state index in [2.05, 4.69) is 20.9 Å². The van der Waals surface area contributed by atoms with Crippen LogP contribution in [0, 0.1) is 0 Å².